The lowest BCUT2D eigenvalue weighted by molar-refractivity contribution is -0.000787. The number of aromatic nitrogens is 1. The zero-order valence-corrected chi connectivity index (χ0v) is 10.1. The summed E-state index contributed by atoms with van der Waals surface area (Å²) in [5.41, 5.74) is -0.0494. The van der Waals surface area contributed by atoms with Gasteiger partial charge < -0.3 is 9.84 Å². The molecule has 0 spiro atoms. The Morgan fingerprint density at radius 1 is 1.38 bits per heavy atom. The molecule has 1 heterocycles. The molecule has 1 aliphatic carbocycles. The lowest BCUT2D eigenvalue weighted by atomic mass is 9.80. The Labute approximate surface area is 100 Å². The minimum Gasteiger partial charge on any atom is -0.480 e. The van der Waals surface area contributed by atoms with E-state index in [-0.39, 0.29) is 0 Å². The van der Waals surface area contributed by atoms with Crippen LogP contribution in [0.4, 0.5) is 0 Å². The van der Waals surface area contributed by atoms with Crippen molar-refractivity contribution in [1.29, 1.82) is 0 Å². The Balaban J connectivity index is 2.38. The predicted molar refractivity (Wildman–Crippen MR) is 62.8 cm³/mol. The molecule has 1 aliphatic rings. The first kappa shape index (κ1) is 11.7. The van der Waals surface area contributed by atoms with Gasteiger partial charge in [-0.2, -0.15) is 0 Å². The largest absolute Gasteiger partial charge is 0.480 e. The first-order chi connectivity index (χ1) is 7.67. The van der Waals surface area contributed by atoms with E-state index in [4.69, 9.17) is 16.3 Å². The second-order valence-corrected chi connectivity index (χ2v) is 4.65. The summed E-state index contributed by atoms with van der Waals surface area (Å²) in [4.78, 5) is 4.02. The van der Waals surface area contributed by atoms with Crippen molar-refractivity contribution < 1.29 is 9.84 Å². The molecule has 0 aliphatic heterocycles. The van der Waals surface area contributed by atoms with Gasteiger partial charge in [0.2, 0.25) is 5.88 Å². The van der Waals surface area contributed by atoms with Crippen LogP contribution in [-0.4, -0.2) is 17.2 Å². The summed E-state index contributed by atoms with van der Waals surface area (Å²) in [6.07, 6.45) is 6.42. The van der Waals surface area contributed by atoms with Gasteiger partial charge in [0.05, 0.1) is 12.7 Å². The third-order valence-corrected chi connectivity index (χ3v) is 3.60. The molecule has 4 heteroatoms. The molecule has 2 rings (SSSR count). The van der Waals surface area contributed by atoms with E-state index in [1.807, 2.05) is 0 Å². The average molecular weight is 242 g/mol. The van der Waals surface area contributed by atoms with Gasteiger partial charge in [0.15, 0.2) is 0 Å². The first-order valence-corrected chi connectivity index (χ1v) is 5.96. The topological polar surface area (TPSA) is 42.4 Å². The van der Waals surface area contributed by atoms with Gasteiger partial charge in [-0.25, -0.2) is 4.98 Å². The van der Waals surface area contributed by atoms with E-state index in [2.05, 4.69) is 4.98 Å². The number of ether oxygens (including phenoxy) is 1. The third kappa shape index (κ3) is 2.02. The number of nitrogens with zero attached hydrogens (tertiary/aromatic N) is 1. The van der Waals surface area contributed by atoms with Gasteiger partial charge in [0.25, 0.3) is 0 Å². The van der Waals surface area contributed by atoms with Crippen LogP contribution in [0.5, 0.6) is 5.88 Å². The quantitative estimate of drug-likeness (QED) is 0.866. The highest BCUT2D eigenvalue weighted by molar-refractivity contribution is 6.32. The molecule has 1 aromatic rings. The lowest BCUT2D eigenvalue weighted by Gasteiger charge is -2.33. The zero-order chi connectivity index (χ0) is 11.6. The van der Waals surface area contributed by atoms with Gasteiger partial charge in [0.1, 0.15) is 5.02 Å². The summed E-state index contributed by atoms with van der Waals surface area (Å²) in [5, 5.41) is 11.0. The smallest absolute Gasteiger partial charge is 0.232 e. The Kier molecular flexibility index (Phi) is 3.36. The van der Waals surface area contributed by atoms with Crippen molar-refractivity contribution in [2.75, 3.05) is 7.11 Å². The summed E-state index contributed by atoms with van der Waals surface area (Å²) in [7, 11) is 1.53. The Hall–Kier alpha value is -0.800. The molecule has 1 fully saturated rings. The molecule has 1 N–H and O–H groups in total. The van der Waals surface area contributed by atoms with Crippen LogP contribution < -0.4 is 4.74 Å². The molecule has 0 atom stereocenters. The van der Waals surface area contributed by atoms with Crippen LogP contribution in [0.3, 0.4) is 0 Å². The first-order valence-electron chi connectivity index (χ1n) is 5.59. The van der Waals surface area contributed by atoms with Crippen LogP contribution in [0, 0.1) is 0 Å². The summed E-state index contributed by atoms with van der Waals surface area (Å²) >= 11 is 6.18. The molecule has 0 radical (unpaired) electrons. The molecule has 0 bridgehead atoms. The van der Waals surface area contributed by atoms with E-state index in [1.54, 1.807) is 12.3 Å². The van der Waals surface area contributed by atoms with E-state index in [1.165, 1.54) is 13.5 Å². The van der Waals surface area contributed by atoms with Crippen molar-refractivity contribution in [3.8, 4) is 5.88 Å². The Bertz CT molecular complexity index is 375. The minimum absolute atomic E-state index is 0.387. The van der Waals surface area contributed by atoms with Crippen molar-refractivity contribution in [3.63, 3.8) is 0 Å². The van der Waals surface area contributed by atoms with Gasteiger partial charge in [0, 0.05) is 11.8 Å². The molecule has 0 aromatic carbocycles. The van der Waals surface area contributed by atoms with Crippen LogP contribution in [-0.2, 0) is 5.60 Å². The van der Waals surface area contributed by atoms with E-state index < -0.39 is 5.60 Å². The highest BCUT2D eigenvalue weighted by Crippen LogP contribution is 2.41. The minimum atomic E-state index is -0.800. The molecular formula is C12H16ClNO2. The fourth-order valence-corrected chi connectivity index (χ4v) is 2.70. The van der Waals surface area contributed by atoms with Crippen molar-refractivity contribution >= 4 is 11.6 Å². The standard InChI is InChI=1S/C12H16ClNO2/c1-16-11-10(13)9(5-8-14-11)12(15)6-3-2-4-7-12/h5,8,15H,2-4,6-7H2,1H3. The van der Waals surface area contributed by atoms with E-state index >= 15 is 0 Å². The number of hydrogen-bond donors (Lipinski definition) is 1. The highest BCUT2D eigenvalue weighted by Gasteiger charge is 2.34. The number of aliphatic hydroxyl groups is 1. The van der Waals surface area contributed by atoms with Crippen molar-refractivity contribution in [2.24, 2.45) is 0 Å². The molecule has 0 unspecified atom stereocenters. The summed E-state index contributed by atoms with van der Waals surface area (Å²) in [6, 6.07) is 1.79. The van der Waals surface area contributed by atoms with Crippen LogP contribution in [0.1, 0.15) is 37.7 Å². The maximum atomic E-state index is 10.6. The second-order valence-electron chi connectivity index (χ2n) is 4.27. The molecular weight excluding hydrogens is 226 g/mol. The SMILES string of the molecule is COc1nccc(C2(O)CCCCC2)c1Cl. The number of halogens is 1. The number of rotatable bonds is 2. The van der Waals surface area contributed by atoms with E-state index in [0.29, 0.717) is 10.9 Å². The lowest BCUT2D eigenvalue weighted by Crippen LogP contribution is -2.28. The van der Waals surface area contributed by atoms with Crippen molar-refractivity contribution in [3.05, 3.63) is 22.8 Å². The van der Waals surface area contributed by atoms with Crippen molar-refractivity contribution in [1.82, 2.24) is 4.98 Å². The second kappa shape index (κ2) is 4.60. The van der Waals surface area contributed by atoms with E-state index in [0.717, 1.165) is 31.2 Å². The number of methoxy groups -OCH3 is 1. The summed E-state index contributed by atoms with van der Waals surface area (Å²) < 4.78 is 5.07. The van der Waals surface area contributed by atoms with Gasteiger partial charge in [-0.3, -0.25) is 0 Å². The highest BCUT2D eigenvalue weighted by atomic mass is 35.5. The van der Waals surface area contributed by atoms with Gasteiger partial charge >= 0.3 is 0 Å². The third-order valence-electron chi connectivity index (χ3n) is 3.23. The molecule has 0 amide bonds. The summed E-state index contributed by atoms with van der Waals surface area (Å²) in [6.45, 7) is 0. The van der Waals surface area contributed by atoms with Crippen LogP contribution in [0.15, 0.2) is 12.3 Å². The molecule has 88 valence electrons. The van der Waals surface area contributed by atoms with Crippen molar-refractivity contribution in [2.45, 2.75) is 37.7 Å². The average Bonchev–Trinajstić information content (AvgIpc) is 2.30. The van der Waals surface area contributed by atoms with Gasteiger partial charge in [-0.05, 0) is 18.9 Å². The predicted octanol–water partition coefficient (Wildman–Crippen LogP) is 2.90. The molecule has 1 saturated carbocycles. The summed E-state index contributed by atoms with van der Waals surface area (Å²) in [5.74, 6) is 0.387. The van der Waals surface area contributed by atoms with Gasteiger partial charge in [-0.15, -0.1) is 0 Å². The zero-order valence-electron chi connectivity index (χ0n) is 9.37. The molecule has 0 saturated heterocycles. The normalized spacial score (nSPS) is 19.4. The van der Waals surface area contributed by atoms with Crippen LogP contribution in [0.2, 0.25) is 5.02 Å². The van der Waals surface area contributed by atoms with Crippen LogP contribution in [0.25, 0.3) is 0 Å². The maximum Gasteiger partial charge on any atom is 0.232 e. The van der Waals surface area contributed by atoms with Crippen LogP contribution >= 0.6 is 11.6 Å². The maximum absolute atomic E-state index is 10.6. The number of pyridine rings is 1. The fourth-order valence-electron chi connectivity index (χ4n) is 2.33. The monoisotopic (exact) mass is 241 g/mol. The molecule has 16 heavy (non-hydrogen) atoms. The fraction of sp³-hybridized carbons (Fsp3) is 0.583. The number of hydrogen-bond acceptors (Lipinski definition) is 3. The Morgan fingerprint density at radius 2 is 2.06 bits per heavy atom. The molecule has 3 nitrogen and oxygen atoms in total. The Morgan fingerprint density at radius 3 is 2.69 bits per heavy atom. The van der Waals surface area contributed by atoms with E-state index in [9.17, 15) is 5.11 Å². The van der Waals surface area contributed by atoms with Gasteiger partial charge in [-0.1, -0.05) is 30.9 Å². The molecule has 1 aromatic heterocycles.